The first kappa shape index (κ1) is 15.5. The van der Waals surface area contributed by atoms with E-state index in [0.29, 0.717) is 18.1 Å². The second kappa shape index (κ2) is 6.86. The molecule has 25 heavy (non-hydrogen) atoms. The molecular weight excluding hydrogens is 334 g/mol. The van der Waals surface area contributed by atoms with E-state index in [4.69, 9.17) is 4.52 Å². The zero-order chi connectivity index (χ0) is 17.1. The molecular formula is C19H15N3O2S. The molecule has 124 valence electrons. The third kappa shape index (κ3) is 3.44. The lowest BCUT2D eigenvalue weighted by atomic mass is 10.1. The van der Waals surface area contributed by atoms with Crippen molar-refractivity contribution in [2.24, 2.45) is 0 Å². The smallest absolute Gasteiger partial charge is 0.227 e. The molecule has 0 aliphatic rings. The van der Waals surface area contributed by atoms with Crippen molar-refractivity contribution in [2.75, 3.05) is 5.32 Å². The van der Waals surface area contributed by atoms with E-state index < -0.39 is 0 Å². The highest BCUT2D eigenvalue weighted by Crippen LogP contribution is 2.23. The summed E-state index contributed by atoms with van der Waals surface area (Å²) in [6.07, 6.45) is 0.697. The number of amides is 1. The van der Waals surface area contributed by atoms with E-state index in [1.165, 1.54) is 0 Å². The Balaban J connectivity index is 1.41. The van der Waals surface area contributed by atoms with Gasteiger partial charge in [0.15, 0.2) is 0 Å². The Labute approximate surface area is 148 Å². The van der Waals surface area contributed by atoms with E-state index in [1.807, 2.05) is 59.3 Å². The van der Waals surface area contributed by atoms with E-state index in [-0.39, 0.29) is 12.3 Å². The van der Waals surface area contributed by atoms with Crippen LogP contribution in [0.15, 0.2) is 63.8 Å². The van der Waals surface area contributed by atoms with E-state index in [0.717, 1.165) is 22.0 Å². The fourth-order valence-electron chi connectivity index (χ4n) is 2.63. The normalized spacial score (nSPS) is 10.9. The maximum absolute atomic E-state index is 12.3. The van der Waals surface area contributed by atoms with Gasteiger partial charge in [-0.25, -0.2) is 0 Å². The molecule has 0 aliphatic heterocycles. The Hall–Kier alpha value is -2.99. The van der Waals surface area contributed by atoms with Gasteiger partial charge in [0, 0.05) is 34.9 Å². The third-order valence-corrected chi connectivity index (χ3v) is 4.56. The number of hydrogen-bond acceptors (Lipinski definition) is 5. The van der Waals surface area contributed by atoms with Crippen LogP contribution in [0.5, 0.6) is 0 Å². The first-order chi connectivity index (χ1) is 12.3. The lowest BCUT2D eigenvalue weighted by molar-refractivity contribution is -0.116. The average molecular weight is 349 g/mol. The van der Waals surface area contributed by atoms with Crippen LogP contribution >= 0.6 is 11.3 Å². The number of nitrogens with zero attached hydrogens (tertiary/aromatic N) is 2. The SMILES string of the molecule is O=C(CCc1nc(-c2ccsc2)no1)Nc1cccc2ccccc12. The van der Waals surface area contributed by atoms with Crippen LogP contribution in [0.2, 0.25) is 0 Å². The number of anilines is 1. The number of aromatic nitrogens is 2. The highest BCUT2D eigenvalue weighted by Gasteiger charge is 2.11. The van der Waals surface area contributed by atoms with Crippen LogP contribution in [0.4, 0.5) is 5.69 Å². The minimum absolute atomic E-state index is 0.0772. The molecule has 4 rings (SSSR count). The van der Waals surface area contributed by atoms with Crippen LogP contribution in [0.1, 0.15) is 12.3 Å². The molecule has 0 fully saturated rings. The van der Waals surface area contributed by atoms with E-state index in [2.05, 4.69) is 15.5 Å². The lowest BCUT2D eigenvalue weighted by Crippen LogP contribution is -2.12. The van der Waals surface area contributed by atoms with Gasteiger partial charge in [0.05, 0.1) is 0 Å². The fourth-order valence-corrected chi connectivity index (χ4v) is 3.27. The van der Waals surface area contributed by atoms with Crippen LogP contribution in [-0.4, -0.2) is 16.0 Å². The molecule has 0 saturated heterocycles. The Morgan fingerprint density at radius 1 is 1.12 bits per heavy atom. The quantitative estimate of drug-likeness (QED) is 0.575. The van der Waals surface area contributed by atoms with Crippen molar-refractivity contribution in [3.8, 4) is 11.4 Å². The largest absolute Gasteiger partial charge is 0.339 e. The highest BCUT2D eigenvalue weighted by atomic mass is 32.1. The molecule has 0 atom stereocenters. The Morgan fingerprint density at radius 3 is 2.88 bits per heavy atom. The maximum atomic E-state index is 12.3. The summed E-state index contributed by atoms with van der Waals surface area (Å²) in [6.45, 7) is 0. The van der Waals surface area contributed by atoms with Gasteiger partial charge < -0.3 is 9.84 Å². The van der Waals surface area contributed by atoms with Gasteiger partial charge in [-0.3, -0.25) is 4.79 Å². The summed E-state index contributed by atoms with van der Waals surface area (Å²) >= 11 is 1.58. The van der Waals surface area contributed by atoms with Gasteiger partial charge in [-0.1, -0.05) is 41.6 Å². The second-order valence-electron chi connectivity index (χ2n) is 5.60. The van der Waals surface area contributed by atoms with Crippen LogP contribution in [0, 0.1) is 0 Å². The minimum Gasteiger partial charge on any atom is -0.339 e. The predicted octanol–water partition coefficient (Wildman–Crippen LogP) is 4.52. The molecule has 1 amide bonds. The van der Waals surface area contributed by atoms with Gasteiger partial charge in [-0.15, -0.1) is 0 Å². The molecule has 0 unspecified atom stereocenters. The van der Waals surface area contributed by atoms with Crippen molar-refractivity contribution in [3.05, 3.63) is 65.2 Å². The number of fused-ring (bicyclic) bond motifs is 1. The number of thiophene rings is 1. The molecule has 6 heteroatoms. The first-order valence-electron chi connectivity index (χ1n) is 7.92. The molecule has 2 aromatic heterocycles. The van der Waals surface area contributed by atoms with Crippen molar-refractivity contribution in [1.29, 1.82) is 0 Å². The number of carbonyl (C=O) groups is 1. The molecule has 2 heterocycles. The average Bonchev–Trinajstić information content (AvgIpc) is 3.32. The van der Waals surface area contributed by atoms with E-state index >= 15 is 0 Å². The summed E-state index contributed by atoms with van der Waals surface area (Å²) in [7, 11) is 0. The minimum atomic E-state index is -0.0772. The third-order valence-electron chi connectivity index (χ3n) is 3.88. The van der Waals surface area contributed by atoms with Gasteiger partial charge in [0.25, 0.3) is 0 Å². The number of carbonyl (C=O) groups excluding carboxylic acids is 1. The molecule has 4 aromatic rings. The summed E-state index contributed by atoms with van der Waals surface area (Å²) in [5.74, 6) is 0.951. The van der Waals surface area contributed by atoms with Gasteiger partial charge in [0.1, 0.15) is 0 Å². The number of benzene rings is 2. The molecule has 2 aromatic carbocycles. The van der Waals surface area contributed by atoms with Crippen LogP contribution < -0.4 is 5.32 Å². The molecule has 0 radical (unpaired) electrons. The fraction of sp³-hybridized carbons (Fsp3) is 0.105. The molecule has 0 aliphatic carbocycles. The van der Waals surface area contributed by atoms with E-state index in [1.54, 1.807) is 11.3 Å². The molecule has 1 N–H and O–H groups in total. The summed E-state index contributed by atoms with van der Waals surface area (Å²) in [5, 5.41) is 13.0. The Morgan fingerprint density at radius 2 is 2.00 bits per heavy atom. The zero-order valence-electron chi connectivity index (χ0n) is 13.3. The number of aryl methyl sites for hydroxylation is 1. The van der Waals surface area contributed by atoms with Crippen molar-refractivity contribution in [1.82, 2.24) is 10.1 Å². The zero-order valence-corrected chi connectivity index (χ0v) is 14.1. The molecule has 0 bridgehead atoms. The van der Waals surface area contributed by atoms with Crippen molar-refractivity contribution in [2.45, 2.75) is 12.8 Å². The van der Waals surface area contributed by atoms with Gasteiger partial charge in [-0.05, 0) is 22.9 Å². The van der Waals surface area contributed by atoms with E-state index in [9.17, 15) is 4.79 Å². The summed E-state index contributed by atoms with van der Waals surface area (Å²) in [4.78, 5) is 16.6. The van der Waals surface area contributed by atoms with Crippen LogP contribution in [0.3, 0.4) is 0 Å². The van der Waals surface area contributed by atoms with Crippen molar-refractivity contribution >= 4 is 33.7 Å². The summed E-state index contributed by atoms with van der Waals surface area (Å²) in [5.41, 5.74) is 1.74. The summed E-state index contributed by atoms with van der Waals surface area (Å²) < 4.78 is 5.22. The van der Waals surface area contributed by atoms with Crippen LogP contribution in [0.25, 0.3) is 22.2 Å². The first-order valence-corrected chi connectivity index (χ1v) is 8.87. The lowest BCUT2D eigenvalue weighted by Gasteiger charge is -2.08. The van der Waals surface area contributed by atoms with Gasteiger partial charge in [0.2, 0.25) is 17.6 Å². The monoisotopic (exact) mass is 349 g/mol. The van der Waals surface area contributed by atoms with Gasteiger partial charge in [-0.2, -0.15) is 16.3 Å². The predicted molar refractivity (Wildman–Crippen MR) is 98.5 cm³/mol. The topological polar surface area (TPSA) is 68.0 Å². The van der Waals surface area contributed by atoms with Crippen LogP contribution in [-0.2, 0) is 11.2 Å². The number of nitrogens with one attached hydrogen (secondary N) is 1. The Kier molecular flexibility index (Phi) is 4.26. The molecule has 0 saturated carbocycles. The highest BCUT2D eigenvalue weighted by molar-refractivity contribution is 7.08. The van der Waals surface area contributed by atoms with Gasteiger partial charge >= 0.3 is 0 Å². The summed E-state index contributed by atoms with van der Waals surface area (Å²) in [6, 6.07) is 15.8. The number of rotatable bonds is 5. The molecule has 5 nitrogen and oxygen atoms in total. The standard InChI is InChI=1S/C19H15N3O2S/c23-17(20-16-7-3-5-13-4-1-2-6-15(13)16)8-9-18-21-19(22-24-18)14-10-11-25-12-14/h1-7,10-12H,8-9H2,(H,20,23). The number of hydrogen-bond donors (Lipinski definition) is 1. The van der Waals surface area contributed by atoms with Crippen molar-refractivity contribution < 1.29 is 9.32 Å². The van der Waals surface area contributed by atoms with Crippen molar-refractivity contribution in [3.63, 3.8) is 0 Å². The second-order valence-corrected chi connectivity index (χ2v) is 6.38. The Bertz CT molecular complexity index is 1000. The molecule has 0 spiro atoms. The maximum Gasteiger partial charge on any atom is 0.227 e.